The lowest BCUT2D eigenvalue weighted by Crippen LogP contribution is -3.14. The Morgan fingerprint density at radius 1 is 1.17 bits per heavy atom. The molecule has 3 aliphatic heterocycles. The van der Waals surface area contributed by atoms with Crippen LogP contribution in [0.15, 0.2) is 41.3 Å². The number of hydrogen-bond acceptors (Lipinski definition) is 2. The van der Waals surface area contributed by atoms with Gasteiger partial charge in [-0.15, -0.1) is 0 Å². The van der Waals surface area contributed by atoms with E-state index in [1.165, 1.54) is 10.6 Å². The summed E-state index contributed by atoms with van der Waals surface area (Å²) < 4.78 is 5.36. The van der Waals surface area contributed by atoms with Crippen LogP contribution < -0.4 is 43.8 Å². The van der Waals surface area contributed by atoms with Crippen LogP contribution in [0, 0.1) is 0 Å². The zero-order valence-corrected chi connectivity index (χ0v) is 13.2. The SMILES string of the molecule is C1=CC2=NC(C[NH+]3CCOCC3)=C[NH+]2C=C1.[Br-].[Br-]. The maximum Gasteiger partial charge on any atom is 0.235 e. The molecule has 3 aliphatic rings. The summed E-state index contributed by atoms with van der Waals surface area (Å²) >= 11 is 0. The van der Waals surface area contributed by atoms with Crippen LogP contribution in [0.3, 0.4) is 0 Å². The normalized spacial score (nSPS) is 25.7. The molecule has 0 amide bonds. The second-order valence-electron chi connectivity index (χ2n) is 4.35. The van der Waals surface area contributed by atoms with Gasteiger partial charge in [-0.25, -0.2) is 4.90 Å². The number of nitrogens with zero attached hydrogens (tertiary/aromatic N) is 1. The van der Waals surface area contributed by atoms with Crippen LogP contribution in [-0.2, 0) is 4.74 Å². The van der Waals surface area contributed by atoms with Gasteiger partial charge in [-0.3, -0.25) is 0 Å². The van der Waals surface area contributed by atoms with Gasteiger partial charge in [0.05, 0.1) is 13.2 Å². The molecule has 2 N–H and O–H groups in total. The van der Waals surface area contributed by atoms with Crippen LogP contribution >= 0.6 is 0 Å². The van der Waals surface area contributed by atoms with Crippen LogP contribution in [0.25, 0.3) is 0 Å². The number of amidine groups is 1. The molecule has 0 aliphatic carbocycles. The largest absolute Gasteiger partial charge is 1.00 e. The van der Waals surface area contributed by atoms with E-state index in [0.717, 1.165) is 38.7 Å². The van der Waals surface area contributed by atoms with Crippen LogP contribution in [0.2, 0.25) is 0 Å². The zero-order valence-electron chi connectivity index (χ0n) is 10.0. The number of ether oxygens (including phenoxy) is 1. The average Bonchev–Trinajstić information content (AvgIpc) is 2.72. The lowest BCUT2D eigenvalue weighted by Gasteiger charge is -2.22. The summed E-state index contributed by atoms with van der Waals surface area (Å²) in [5, 5.41) is 0. The van der Waals surface area contributed by atoms with Crippen molar-refractivity contribution in [2.75, 3.05) is 32.8 Å². The highest BCUT2D eigenvalue weighted by Crippen LogP contribution is 1.99. The van der Waals surface area contributed by atoms with Gasteiger partial charge in [-0.1, -0.05) is 0 Å². The van der Waals surface area contributed by atoms with Crippen molar-refractivity contribution in [2.24, 2.45) is 4.99 Å². The molecule has 0 radical (unpaired) electrons. The topological polar surface area (TPSA) is 30.5 Å². The third-order valence-electron chi connectivity index (χ3n) is 3.15. The molecule has 3 rings (SSSR count). The van der Waals surface area contributed by atoms with Gasteiger partial charge >= 0.3 is 0 Å². The Morgan fingerprint density at radius 2 is 1.94 bits per heavy atom. The minimum atomic E-state index is 0. The van der Waals surface area contributed by atoms with Crippen molar-refractivity contribution in [3.05, 3.63) is 36.3 Å². The fraction of sp³-hybridized carbons (Fsp3) is 0.417. The first kappa shape index (κ1) is 15.8. The van der Waals surface area contributed by atoms with Crippen LogP contribution in [0.4, 0.5) is 0 Å². The first-order valence-corrected chi connectivity index (χ1v) is 5.84. The molecule has 0 saturated carbocycles. The monoisotopic (exact) mass is 377 g/mol. The Morgan fingerprint density at radius 3 is 2.67 bits per heavy atom. The van der Waals surface area contributed by atoms with Gasteiger partial charge in [0.1, 0.15) is 32.0 Å². The van der Waals surface area contributed by atoms with Crippen molar-refractivity contribution >= 4 is 5.84 Å². The Bertz CT molecular complexity index is 398. The summed E-state index contributed by atoms with van der Waals surface area (Å²) in [5.41, 5.74) is 1.21. The molecule has 1 atom stereocenters. The quantitative estimate of drug-likeness (QED) is 0.491. The van der Waals surface area contributed by atoms with E-state index in [1.54, 1.807) is 4.90 Å². The minimum Gasteiger partial charge on any atom is -1.00 e. The molecule has 0 aromatic rings. The molecule has 1 fully saturated rings. The smallest absolute Gasteiger partial charge is 0.235 e. The maximum atomic E-state index is 5.36. The van der Waals surface area contributed by atoms with Gasteiger partial charge in [0, 0.05) is 6.08 Å². The summed E-state index contributed by atoms with van der Waals surface area (Å²) in [6.07, 6.45) is 10.5. The molecule has 0 aromatic carbocycles. The highest BCUT2D eigenvalue weighted by Gasteiger charge is 2.24. The summed E-state index contributed by atoms with van der Waals surface area (Å²) in [6, 6.07) is 0. The van der Waals surface area contributed by atoms with Gasteiger partial charge < -0.3 is 43.6 Å². The Labute approximate surface area is 128 Å². The number of rotatable bonds is 2. The van der Waals surface area contributed by atoms with E-state index in [9.17, 15) is 0 Å². The predicted molar refractivity (Wildman–Crippen MR) is 61.1 cm³/mol. The zero-order chi connectivity index (χ0) is 10.8. The van der Waals surface area contributed by atoms with Gasteiger partial charge in [0.15, 0.2) is 5.70 Å². The highest BCUT2D eigenvalue weighted by molar-refractivity contribution is 5.89. The molecular weight excluding hydrogens is 362 g/mol. The Hall–Kier alpha value is -0.270. The summed E-state index contributed by atoms with van der Waals surface area (Å²) in [4.78, 5) is 7.48. The molecule has 18 heavy (non-hydrogen) atoms. The standard InChI is InChI=1S/C12H15N3O.2BrH/c1-2-4-15-10-11(13-12(15)3-1)9-14-5-7-16-8-6-14;;/h1-4,10H,5-9H2;2*1H. The molecule has 0 bridgehead atoms. The van der Waals surface area contributed by atoms with E-state index in [-0.39, 0.29) is 34.0 Å². The Balaban J connectivity index is 0.000000810. The number of hydrogen-bond donors (Lipinski definition) is 2. The van der Waals surface area contributed by atoms with Crippen LogP contribution in [0.5, 0.6) is 0 Å². The molecule has 0 aromatic heterocycles. The van der Waals surface area contributed by atoms with E-state index in [0.29, 0.717) is 0 Å². The molecule has 1 unspecified atom stereocenters. The van der Waals surface area contributed by atoms with Crippen molar-refractivity contribution < 1.29 is 48.5 Å². The lowest BCUT2D eigenvalue weighted by molar-refractivity contribution is -0.903. The number of aliphatic imine (C=N–C) groups is 1. The molecule has 3 heterocycles. The van der Waals surface area contributed by atoms with E-state index in [2.05, 4.69) is 29.5 Å². The van der Waals surface area contributed by atoms with Gasteiger partial charge in [-0.2, -0.15) is 4.99 Å². The number of fused-ring (bicyclic) bond motifs is 1. The molecule has 1 saturated heterocycles. The van der Waals surface area contributed by atoms with Gasteiger partial charge in [0.2, 0.25) is 5.84 Å². The molecule has 6 heteroatoms. The first-order valence-electron chi connectivity index (χ1n) is 5.84. The third kappa shape index (κ3) is 3.61. The van der Waals surface area contributed by atoms with E-state index < -0.39 is 0 Å². The molecule has 4 nitrogen and oxygen atoms in total. The Kier molecular flexibility index (Phi) is 6.45. The van der Waals surface area contributed by atoms with Crippen LogP contribution in [0.1, 0.15) is 0 Å². The van der Waals surface area contributed by atoms with Gasteiger partial charge in [-0.05, 0) is 12.2 Å². The number of halogens is 2. The van der Waals surface area contributed by atoms with Crippen molar-refractivity contribution in [3.8, 4) is 0 Å². The highest BCUT2D eigenvalue weighted by atomic mass is 79.9. The van der Waals surface area contributed by atoms with E-state index in [1.807, 2.05) is 6.08 Å². The number of allylic oxidation sites excluding steroid dienone is 2. The van der Waals surface area contributed by atoms with Crippen molar-refractivity contribution in [1.29, 1.82) is 0 Å². The van der Waals surface area contributed by atoms with E-state index in [4.69, 9.17) is 4.74 Å². The lowest BCUT2D eigenvalue weighted by atomic mass is 10.3. The van der Waals surface area contributed by atoms with Gasteiger partial charge in [0.25, 0.3) is 0 Å². The predicted octanol–water partition coefficient (Wildman–Crippen LogP) is -7.87. The number of nitrogens with one attached hydrogen (secondary N) is 2. The van der Waals surface area contributed by atoms with Crippen molar-refractivity contribution in [2.45, 2.75) is 0 Å². The molecule has 100 valence electrons. The maximum absolute atomic E-state index is 5.36. The van der Waals surface area contributed by atoms with Crippen LogP contribution in [-0.4, -0.2) is 38.7 Å². The fourth-order valence-electron chi connectivity index (χ4n) is 2.26. The summed E-state index contributed by atoms with van der Waals surface area (Å²) in [5.74, 6) is 1.12. The third-order valence-corrected chi connectivity index (χ3v) is 3.15. The van der Waals surface area contributed by atoms with Crippen molar-refractivity contribution in [3.63, 3.8) is 0 Å². The molecule has 0 spiro atoms. The average molecular weight is 379 g/mol. The van der Waals surface area contributed by atoms with Crippen molar-refractivity contribution in [1.82, 2.24) is 0 Å². The second-order valence-corrected chi connectivity index (χ2v) is 4.35. The fourth-order valence-corrected chi connectivity index (χ4v) is 2.26. The second kappa shape index (κ2) is 7.35. The van der Waals surface area contributed by atoms with E-state index >= 15 is 0 Å². The minimum absolute atomic E-state index is 0. The first-order chi connectivity index (χ1) is 7.92. The molecular formula is C12H17Br2N3O. The number of morpholine rings is 1. The number of quaternary nitrogens is 2. The summed E-state index contributed by atoms with van der Waals surface area (Å²) in [6.45, 7) is 5.00. The summed E-state index contributed by atoms with van der Waals surface area (Å²) in [7, 11) is 0.